The highest BCUT2D eigenvalue weighted by atomic mass is 32.5. The number of rotatable bonds is 6. The summed E-state index contributed by atoms with van der Waals surface area (Å²) in [5, 5.41) is 17.2. The van der Waals surface area contributed by atoms with Crippen molar-refractivity contribution in [2.24, 2.45) is 0 Å². The summed E-state index contributed by atoms with van der Waals surface area (Å²) in [5.74, 6) is -0.166. The number of carbonyl (C=O) groups excluding carboxylic acids is 1. The number of fused-ring (bicyclic) bond motifs is 1. The molecule has 13 heteroatoms. The number of hydrogen-bond donors (Lipinski definition) is 4. The molecule has 3 atom stereocenters. The Morgan fingerprint density at radius 2 is 2.10 bits per heavy atom. The number of benzene rings is 1. The van der Waals surface area contributed by atoms with Crippen molar-refractivity contribution in [1.82, 2.24) is 19.6 Å². The molecule has 0 saturated carbocycles. The first-order chi connectivity index (χ1) is 14.3. The Morgan fingerprint density at radius 3 is 2.83 bits per heavy atom. The van der Waals surface area contributed by atoms with Gasteiger partial charge in [0.1, 0.15) is 12.4 Å². The molecule has 4 rings (SSSR count). The largest absolute Gasteiger partial charge is 0.390 e. The van der Waals surface area contributed by atoms with Crippen molar-refractivity contribution in [2.75, 3.05) is 11.9 Å². The normalized spacial score (nSPS) is 21.8. The van der Waals surface area contributed by atoms with Crippen LogP contribution in [0.2, 0.25) is 0 Å². The molecule has 3 aromatic rings. The monoisotopic (exact) mass is 451 g/mol. The highest BCUT2D eigenvalue weighted by Crippen LogP contribution is 2.40. The molecule has 1 aromatic carbocycles. The first kappa shape index (κ1) is 20.9. The van der Waals surface area contributed by atoms with Crippen LogP contribution >= 0.6 is 6.72 Å². The highest BCUT2D eigenvalue weighted by Gasteiger charge is 2.37. The molecule has 3 unspecified atom stereocenters. The van der Waals surface area contributed by atoms with Crippen molar-refractivity contribution in [3.8, 4) is 0 Å². The van der Waals surface area contributed by atoms with Gasteiger partial charge in [0.2, 0.25) is 5.95 Å². The number of aliphatic hydroxyl groups excluding tert-OH is 1. The summed E-state index contributed by atoms with van der Waals surface area (Å²) in [7, 11) is 0. The summed E-state index contributed by atoms with van der Waals surface area (Å²) < 4.78 is 12.0. The van der Waals surface area contributed by atoms with E-state index in [9.17, 15) is 19.7 Å². The van der Waals surface area contributed by atoms with E-state index in [2.05, 4.69) is 32.2 Å². The molecule has 0 spiro atoms. The van der Waals surface area contributed by atoms with Crippen LogP contribution in [0.5, 0.6) is 0 Å². The predicted octanol–water partition coefficient (Wildman–Crippen LogP) is 0.793. The Balaban J connectivity index is 1.54. The lowest BCUT2D eigenvalue weighted by atomic mass is 10.1. The zero-order chi connectivity index (χ0) is 21.3. The van der Waals surface area contributed by atoms with Crippen molar-refractivity contribution in [3.05, 3.63) is 54.0 Å². The number of anilines is 1. The minimum atomic E-state index is -3.84. The van der Waals surface area contributed by atoms with Crippen LogP contribution < -0.4 is 5.32 Å². The van der Waals surface area contributed by atoms with E-state index in [0.717, 1.165) is 0 Å². The van der Waals surface area contributed by atoms with Crippen LogP contribution in [0.25, 0.3) is 5.65 Å². The Hall–Kier alpha value is -2.31. The van der Waals surface area contributed by atoms with Crippen LogP contribution in [0.15, 0.2) is 42.9 Å². The lowest BCUT2D eigenvalue weighted by Crippen LogP contribution is -2.25. The quantitative estimate of drug-likeness (QED) is 0.396. The van der Waals surface area contributed by atoms with Crippen molar-refractivity contribution in [2.45, 2.75) is 24.7 Å². The SMILES string of the molecule is O=C(Nc1ncnc2c(C3CC(O)C(COP(O)(O)=S)O3)cnn12)c1ccccc1. The van der Waals surface area contributed by atoms with Crippen LogP contribution in [-0.2, 0) is 21.1 Å². The third-order valence-electron chi connectivity index (χ3n) is 4.57. The van der Waals surface area contributed by atoms with E-state index in [0.29, 0.717) is 16.8 Å². The summed E-state index contributed by atoms with van der Waals surface area (Å²) >= 11 is 4.41. The molecule has 4 N–H and O–H groups in total. The maximum atomic E-state index is 12.4. The number of aliphatic hydroxyl groups is 1. The number of hydrogen-bond acceptors (Lipinski definition) is 8. The van der Waals surface area contributed by atoms with Crippen molar-refractivity contribution < 1.29 is 28.9 Å². The molecule has 0 bridgehead atoms. The molecule has 1 aliphatic rings. The minimum Gasteiger partial charge on any atom is -0.390 e. The molecule has 3 heterocycles. The molecule has 2 aromatic heterocycles. The Bertz CT molecular complexity index is 1110. The molecule has 1 aliphatic heterocycles. The second-order valence-electron chi connectivity index (χ2n) is 6.61. The van der Waals surface area contributed by atoms with Gasteiger partial charge in [-0.15, -0.1) is 0 Å². The minimum absolute atomic E-state index is 0.180. The number of amides is 1. The average molecular weight is 451 g/mol. The number of carbonyl (C=O) groups is 1. The molecule has 1 saturated heterocycles. The fourth-order valence-electron chi connectivity index (χ4n) is 3.16. The number of nitrogens with zero attached hydrogens (tertiary/aromatic N) is 4. The van der Waals surface area contributed by atoms with E-state index in [-0.39, 0.29) is 24.9 Å². The van der Waals surface area contributed by atoms with Crippen molar-refractivity contribution in [1.29, 1.82) is 0 Å². The van der Waals surface area contributed by atoms with Gasteiger partial charge in [0.25, 0.3) is 5.91 Å². The first-order valence-electron chi connectivity index (χ1n) is 8.90. The van der Waals surface area contributed by atoms with Gasteiger partial charge in [0.05, 0.1) is 25.0 Å². The molecular weight excluding hydrogens is 433 g/mol. The van der Waals surface area contributed by atoms with Crippen LogP contribution in [0, 0.1) is 0 Å². The van der Waals surface area contributed by atoms with Crippen LogP contribution in [0.3, 0.4) is 0 Å². The van der Waals surface area contributed by atoms with Crippen LogP contribution in [0.1, 0.15) is 28.4 Å². The molecular formula is C17H18N5O6PS. The highest BCUT2D eigenvalue weighted by molar-refractivity contribution is 8.06. The summed E-state index contributed by atoms with van der Waals surface area (Å²) in [4.78, 5) is 39.1. The summed E-state index contributed by atoms with van der Waals surface area (Å²) in [5.41, 5.74) is 1.46. The maximum absolute atomic E-state index is 12.4. The smallest absolute Gasteiger partial charge is 0.321 e. The predicted molar refractivity (Wildman–Crippen MR) is 108 cm³/mol. The van der Waals surface area contributed by atoms with Gasteiger partial charge < -0.3 is 24.2 Å². The zero-order valence-electron chi connectivity index (χ0n) is 15.4. The molecule has 1 amide bonds. The van der Waals surface area contributed by atoms with Gasteiger partial charge >= 0.3 is 6.72 Å². The lowest BCUT2D eigenvalue weighted by molar-refractivity contribution is -0.0186. The van der Waals surface area contributed by atoms with Gasteiger partial charge in [-0.1, -0.05) is 18.2 Å². The summed E-state index contributed by atoms with van der Waals surface area (Å²) in [6.45, 7) is -4.10. The van der Waals surface area contributed by atoms with E-state index in [1.807, 2.05) is 6.07 Å². The van der Waals surface area contributed by atoms with Gasteiger partial charge in [-0.3, -0.25) is 10.1 Å². The Labute approximate surface area is 175 Å². The van der Waals surface area contributed by atoms with Gasteiger partial charge in [0.15, 0.2) is 5.65 Å². The fourth-order valence-corrected chi connectivity index (χ4v) is 3.68. The van der Waals surface area contributed by atoms with Gasteiger partial charge in [-0.25, -0.2) is 9.97 Å². The van der Waals surface area contributed by atoms with E-state index in [1.54, 1.807) is 24.3 Å². The zero-order valence-corrected chi connectivity index (χ0v) is 17.1. The molecule has 0 aliphatic carbocycles. The molecule has 158 valence electrons. The molecule has 1 fully saturated rings. The van der Waals surface area contributed by atoms with Crippen LogP contribution in [0.4, 0.5) is 5.95 Å². The van der Waals surface area contributed by atoms with E-state index < -0.39 is 25.0 Å². The maximum Gasteiger partial charge on any atom is 0.321 e. The standard InChI is InChI=1S/C17H18N5O6PS/c23-12-6-13(28-14(12)8-27-29(25,26)30)11-7-20-22-15(11)18-9-19-17(22)21-16(24)10-4-2-1-3-5-10/h1-5,7,9,12-14,23H,6,8H2,(H2,25,26,30)(H,18,19,21,24). The van der Waals surface area contributed by atoms with Crippen molar-refractivity contribution >= 4 is 36.0 Å². The average Bonchev–Trinajstić information content (AvgIpc) is 3.30. The Kier molecular flexibility index (Phi) is 5.89. The van der Waals surface area contributed by atoms with Crippen LogP contribution in [-0.4, -0.2) is 59.2 Å². The summed E-state index contributed by atoms with van der Waals surface area (Å²) in [6.07, 6.45) is 0.793. The first-order valence-corrected chi connectivity index (χ1v) is 11.5. The van der Waals surface area contributed by atoms with Gasteiger partial charge in [-0.2, -0.15) is 9.61 Å². The lowest BCUT2D eigenvalue weighted by Gasteiger charge is -2.16. The second kappa shape index (κ2) is 8.44. The number of aromatic nitrogens is 4. The number of ether oxygens (including phenoxy) is 1. The van der Waals surface area contributed by atoms with Crippen molar-refractivity contribution in [3.63, 3.8) is 0 Å². The topological polar surface area (TPSA) is 151 Å². The third kappa shape index (κ3) is 4.55. The molecule has 30 heavy (non-hydrogen) atoms. The fraction of sp³-hybridized carbons (Fsp3) is 0.294. The van der Waals surface area contributed by atoms with E-state index in [1.165, 1.54) is 17.0 Å². The molecule has 0 radical (unpaired) electrons. The molecule has 11 nitrogen and oxygen atoms in total. The summed E-state index contributed by atoms with van der Waals surface area (Å²) in [6, 6.07) is 8.68. The van der Waals surface area contributed by atoms with Gasteiger partial charge in [-0.05, 0) is 23.9 Å². The number of nitrogens with one attached hydrogen (secondary N) is 1. The Morgan fingerprint density at radius 1 is 1.33 bits per heavy atom. The van der Waals surface area contributed by atoms with E-state index >= 15 is 0 Å². The third-order valence-corrected chi connectivity index (χ3v) is 5.37. The second-order valence-corrected chi connectivity index (χ2v) is 9.27. The van der Waals surface area contributed by atoms with E-state index in [4.69, 9.17) is 9.26 Å². The van der Waals surface area contributed by atoms with Gasteiger partial charge in [0, 0.05) is 17.5 Å².